The Morgan fingerprint density at radius 2 is 1.96 bits per heavy atom. The van der Waals surface area contributed by atoms with Gasteiger partial charge in [0.15, 0.2) is 5.82 Å². The number of aryl methyl sites for hydroxylation is 1. The van der Waals surface area contributed by atoms with Gasteiger partial charge in [0, 0.05) is 23.7 Å². The monoisotopic (exact) mass is 364 g/mol. The molecule has 0 spiro atoms. The summed E-state index contributed by atoms with van der Waals surface area (Å²) in [6.45, 7) is 6.15. The molecule has 0 aliphatic rings. The van der Waals surface area contributed by atoms with Gasteiger partial charge in [0.1, 0.15) is 6.33 Å². The van der Waals surface area contributed by atoms with E-state index in [-0.39, 0.29) is 18.5 Å². The molecule has 6 nitrogen and oxygen atoms in total. The predicted molar refractivity (Wildman–Crippen MR) is 104 cm³/mol. The third-order valence-electron chi connectivity index (χ3n) is 4.45. The topological polar surface area (TPSA) is 80.0 Å². The molecule has 0 saturated carbocycles. The number of nitrogens with one attached hydrogen (secondary N) is 1. The van der Waals surface area contributed by atoms with E-state index in [1.165, 1.54) is 6.33 Å². The highest BCUT2D eigenvalue weighted by Gasteiger charge is 2.15. The molecule has 6 heteroatoms. The largest absolute Gasteiger partial charge is 0.387 e. The Morgan fingerprint density at radius 1 is 1.19 bits per heavy atom. The molecule has 2 N–H and O–H groups in total. The quantitative estimate of drug-likeness (QED) is 0.703. The molecule has 0 aliphatic carbocycles. The van der Waals surface area contributed by atoms with Gasteiger partial charge in [0.2, 0.25) is 0 Å². The Morgan fingerprint density at radius 3 is 2.70 bits per heavy atom. The van der Waals surface area contributed by atoms with Crippen molar-refractivity contribution in [2.24, 2.45) is 0 Å². The molecule has 1 aromatic heterocycles. The maximum absolute atomic E-state index is 12.5. The van der Waals surface area contributed by atoms with E-state index in [9.17, 15) is 9.90 Å². The van der Waals surface area contributed by atoms with Crippen LogP contribution in [0.25, 0.3) is 11.4 Å². The van der Waals surface area contributed by atoms with Crippen molar-refractivity contribution in [1.29, 1.82) is 0 Å². The van der Waals surface area contributed by atoms with Gasteiger partial charge < -0.3 is 10.4 Å². The average Bonchev–Trinajstić information content (AvgIpc) is 3.16. The number of carbonyl (C=O) groups is 1. The van der Waals surface area contributed by atoms with Gasteiger partial charge in [-0.2, -0.15) is 5.10 Å². The zero-order chi connectivity index (χ0) is 19.4. The molecule has 3 rings (SSSR count). The molecule has 0 fully saturated rings. The Hall–Kier alpha value is -2.99. The number of hydrogen-bond donors (Lipinski definition) is 2. The minimum absolute atomic E-state index is 0.149. The van der Waals surface area contributed by atoms with E-state index in [0.29, 0.717) is 5.56 Å². The van der Waals surface area contributed by atoms with Crippen molar-refractivity contribution in [1.82, 2.24) is 20.1 Å². The highest BCUT2D eigenvalue weighted by Crippen LogP contribution is 2.21. The van der Waals surface area contributed by atoms with Gasteiger partial charge in [0.05, 0.1) is 6.10 Å². The lowest BCUT2D eigenvalue weighted by molar-refractivity contribution is 0.0916. The maximum Gasteiger partial charge on any atom is 0.251 e. The van der Waals surface area contributed by atoms with E-state index >= 15 is 0 Å². The predicted octanol–water partition coefficient (Wildman–Crippen LogP) is 3.30. The van der Waals surface area contributed by atoms with Gasteiger partial charge in [-0.05, 0) is 44.0 Å². The summed E-state index contributed by atoms with van der Waals surface area (Å²) in [5.74, 6) is 0.486. The number of aromatic nitrogens is 3. The first-order valence-electron chi connectivity index (χ1n) is 8.99. The number of hydrogen-bond acceptors (Lipinski definition) is 4. The third-order valence-corrected chi connectivity index (χ3v) is 4.45. The second kappa shape index (κ2) is 8.14. The van der Waals surface area contributed by atoms with Crippen LogP contribution in [0.2, 0.25) is 0 Å². The lowest BCUT2D eigenvalue weighted by atomic mass is 10.0. The van der Waals surface area contributed by atoms with Gasteiger partial charge in [0.25, 0.3) is 5.91 Å². The van der Waals surface area contributed by atoms with Crippen LogP contribution >= 0.6 is 0 Å². The molecular formula is C21H24N4O2. The van der Waals surface area contributed by atoms with E-state index in [1.54, 1.807) is 12.1 Å². The molecule has 0 radical (unpaired) electrons. The van der Waals surface area contributed by atoms with Crippen molar-refractivity contribution >= 4 is 5.91 Å². The first kappa shape index (κ1) is 18.8. The molecule has 2 aromatic carbocycles. The minimum Gasteiger partial charge on any atom is -0.387 e. The second-order valence-electron chi connectivity index (χ2n) is 6.79. The summed E-state index contributed by atoms with van der Waals surface area (Å²) in [6, 6.07) is 15.0. The van der Waals surface area contributed by atoms with E-state index in [0.717, 1.165) is 22.5 Å². The van der Waals surface area contributed by atoms with E-state index in [1.807, 2.05) is 61.9 Å². The molecule has 1 heterocycles. The molecule has 27 heavy (non-hydrogen) atoms. The van der Waals surface area contributed by atoms with Gasteiger partial charge in [-0.3, -0.25) is 4.79 Å². The minimum atomic E-state index is -0.748. The molecule has 0 bridgehead atoms. The van der Waals surface area contributed by atoms with Crippen LogP contribution in [0, 0.1) is 6.92 Å². The number of rotatable bonds is 6. The molecule has 1 unspecified atom stereocenters. The first-order chi connectivity index (χ1) is 13.0. The second-order valence-corrected chi connectivity index (χ2v) is 6.79. The lowest BCUT2D eigenvalue weighted by Crippen LogP contribution is -2.28. The van der Waals surface area contributed by atoms with Crippen LogP contribution in [0.5, 0.6) is 0 Å². The molecular weight excluding hydrogens is 340 g/mol. The van der Waals surface area contributed by atoms with Crippen molar-refractivity contribution in [2.45, 2.75) is 32.9 Å². The van der Waals surface area contributed by atoms with Crippen LogP contribution in [0.4, 0.5) is 0 Å². The van der Waals surface area contributed by atoms with Crippen LogP contribution in [-0.4, -0.2) is 32.3 Å². The van der Waals surface area contributed by atoms with Crippen molar-refractivity contribution in [2.75, 3.05) is 6.54 Å². The molecule has 0 aliphatic heterocycles. The number of aliphatic hydroxyl groups excluding tert-OH is 1. The zero-order valence-corrected chi connectivity index (χ0v) is 15.8. The highest BCUT2D eigenvalue weighted by molar-refractivity contribution is 5.95. The summed E-state index contributed by atoms with van der Waals surface area (Å²) in [5.41, 5.74) is 3.15. The van der Waals surface area contributed by atoms with Gasteiger partial charge in [-0.1, -0.05) is 36.4 Å². The number of aliphatic hydroxyl groups is 1. The normalized spacial score (nSPS) is 12.2. The van der Waals surface area contributed by atoms with Gasteiger partial charge >= 0.3 is 0 Å². The summed E-state index contributed by atoms with van der Waals surface area (Å²) in [6.07, 6.45) is 0.767. The van der Waals surface area contributed by atoms with Gasteiger partial charge in [-0.25, -0.2) is 9.67 Å². The molecule has 140 valence electrons. The van der Waals surface area contributed by atoms with Gasteiger partial charge in [-0.15, -0.1) is 0 Å². The van der Waals surface area contributed by atoms with Crippen molar-refractivity contribution in [3.63, 3.8) is 0 Å². The molecule has 3 aromatic rings. The smallest absolute Gasteiger partial charge is 0.251 e. The summed E-state index contributed by atoms with van der Waals surface area (Å²) in [7, 11) is 0. The highest BCUT2D eigenvalue weighted by atomic mass is 16.3. The fourth-order valence-corrected chi connectivity index (χ4v) is 3.00. The summed E-state index contributed by atoms with van der Waals surface area (Å²) < 4.78 is 1.82. The maximum atomic E-state index is 12.5. The van der Waals surface area contributed by atoms with E-state index in [2.05, 4.69) is 15.4 Å². The average molecular weight is 364 g/mol. The SMILES string of the molecule is Cc1ccccc1C(O)CNC(=O)c1cccc(-c2ncnn2C(C)C)c1. The van der Waals surface area contributed by atoms with Crippen molar-refractivity contribution in [3.05, 3.63) is 71.5 Å². The Labute approximate surface area is 158 Å². The van der Waals surface area contributed by atoms with Crippen LogP contribution in [0.3, 0.4) is 0 Å². The summed E-state index contributed by atoms with van der Waals surface area (Å²) >= 11 is 0. The molecule has 1 amide bonds. The number of amides is 1. The van der Waals surface area contributed by atoms with E-state index in [4.69, 9.17) is 0 Å². The Bertz CT molecular complexity index is 933. The lowest BCUT2D eigenvalue weighted by Gasteiger charge is -2.15. The molecule has 1 atom stereocenters. The number of nitrogens with zero attached hydrogens (tertiary/aromatic N) is 3. The van der Waals surface area contributed by atoms with Crippen LogP contribution in [0.15, 0.2) is 54.9 Å². The summed E-state index contributed by atoms with van der Waals surface area (Å²) in [5, 5.41) is 17.4. The zero-order valence-electron chi connectivity index (χ0n) is 15.8. The van der Waals surface area contributed by atoms with Crippen molar-refractivity contribution < 1.29 is 9.90 Å². The fraction of sp³-hybridized carbons (Fsp3) is 0.286. The van der Waals surface area contributed by atoms with Crippen molar-refractivity contribution in [3.8, 4) is 11.4 Å². The standard InChI is InChI=1S/C21H24N4O2/c1-14(2)25-20(23-13-24-25)16-8-6-9-17(11-16)21(27)22-12-19(26)18-10-5-4-7-15(18)3/h4-11,13-14,19,26H,12H2,1-3H3,(H,22,27). The number of benzene rings is 2. The number of carbonyl (C=O) groups excluding carboxylic acids is 1. The Kier molecular flexibility index (Phi) is 5.66. The molecule has 0 saturated heterocycles. The first-order valence-corrected chi connectivity index (χ1v) is 8.99. The van der Waals surface area contributed by atoms with E-state index < -0.39 is 6.10 Å². The summed E-state index contributed by atoms with van der Waals surface area (Å²) in [4.78, 5) is 16.9. The van der Waals surface area contributed by atoms with Crippen LogP contribution < -0.4 is 5.32 Å². The third kappa shape index (κ3) is 4.23. The fourth-order valence-electron chi connectivity index (χ4n) is 3.00. The van der Waals surface area contributed by atoms with Crippen LogP contribution in [-0.2, 0) is 0 Å². The Balaban J connectivity index is 1.72. The van der Waals surface area contributed by atoms with Crippen LogP contribution in [0.1, 0.15) is 47.5 Å².